The van der Waals surface area contributed by atoms with Gasteiger partial charge in [-0.25, -0.2) is 28.7 Å². The number of carbonyl (C=O) groups excluding carboxylic acids is 1. The second-order valence-electron chi connectivity index (χ2n) is 8.09. The summed E-state index contributed by atoms with van der Waals surface area (Å²) in [4.78, 5) is 32.0. The molecule has 4 aromatic heterocycles. The van der Waals surface area contributed by atoms with E-state index >= 15 is 0 Å². The normalized spacial score (nSPS) is 15.5. The van der Waals surface area contributed by atoms with E-state index in [0.717, 1.165) is 0 Å². The minimum atomic E-state index is -2.68. The molecule has 1 unspecified atom stereocenters. The minimum Gasteiger partial charge on any atom is -0.326 e. The summed E-state index contributed by atoms with van der Waals surface area (Å²) < 4.78 is 29.5. The van der Waals surface area contributed by atoms with Gasteiger partial charge in [-0.15, -0.1) is 0 Å². The molecule has 5 rings (SSSR count). The van der Waals surface area contributed by atoms with Gasteiger partial charge in [0.1, 0.15) is 22.9 Å². The molecule has 0 radical (unpaired) electrons. The maximum atomic E-state index is 13.3. The Hall–Kier alpha value is -3.93. The molecule has 0 fully saturated rings. The number of carbonyl (C=O) groups is 1. The van der Waals surface area contributed by atoms with E-state index in [0.29, 0.717) is 35.4 Å². The Balaban J connectivity index is 1.42. The van der Waals surface area contributed by atoms with Gasteiger partial charge in [-0.3, -0.25) is 9.48 Å². The summed E-state index contributed by atoms with van der Waals surface area (Å²) >= 11 is 6.36. The summed E-state index contributed by atoms with van der Waals surface area (Å²) in [6.45, 7) is 2.44. The topological polar surface area (TPSA) is 107 Å². The number of nitrogens with zero attached hydrogens (tertiary/aromatic N) is 8. The average molecular weight is 500 g/mol. The summed E-state index contributed by atoms with van der Waals surface area (Å²) in [5, 5.41) is 7.44. The van der Waals surface area contributed by atoms with Gasteiger partial charge in [0.2, 0.25) is 5.95 Å². The first-order chi connectivity index (χ1) is 16.8. The molecule has 35 heavy (non-hydrogen) atoms. The van der Waals surface area contributed by atoms with Crippen molar-refractivity contribution < 1.29 is 13.6 Å². The van der Waals surface area contributed by atoms with Crippen LogP contribution in [-0.4, -0.2) is 51.1 Å². The van der Waals surface area contributed by atoms with Gasteiger partial charge in [-0.1, -0.05) is 17.7 Å². The first kappa shape index (κ1) is 22.8. The van der Waals surface area contributed by atoms with E-state index in [9.17, 15) is 13.6 Å². The van der Waals surface area contributed by atoms with Crippen molar-refractivity contribution in [2.45, 2.75) is 32.5 Å². The van der Waals surface area contributed by atoms with Crippen LogP contribution in [0.2, 0.25) is 5.02 Å². The van der Waals surface area contributed by atoms with Crippen molar-refractivity contribution in [2.24, 2.45) is 7.05 Å². The van der Waals surface area contributed by atoms with Crippen LogP contribution >= 0.6 is 11.6 Å². The van der Waals surface area contributed by atoms with Crippen LogP contribution in [0.3, 0.4) is 0 Å². The zero-order valence-corrected chi connectivity index (χ0v) is 19.5. The number of halogens is 3. The van der Waals surface area contributed by atoms with Crippen molar-refractivity contribution >= 4 is 29.3 Å². The monoisotopic (exact) mass is 499 g/mol. The molecule has 0 aliphatic carbocycles. The van der Waals surface area contributed by atoms with Crippen LogP contribution in [0.4, 0.5) is 20.5 Å². The van der Waals surface area contributed by atoms with Crippen molar-refractivity contribution in [3.8, 4) is 11.4 Å². The van der Waals surface area contributed by atoms with Crippen molar-refractivity contribution in [1.82, 2.24) is 39.2 Å². The number of hydrogen-bond donors (Lipinski definition) is 1. The fourth-order valence-electron chi connectivity index (χ4n) is 3.88. The Kier molecular flexibility index (Phi) is 5.89. The fourth-order valence-corrected chi connectivity index (χ4v) is 4.07. The predicted molar refractivity (Wildman–Crippen MR) is 123 cm³/mol. The largest absolute Gasteiger partial charge is 0.326 e. The molecular weight excluding hydrogens is 480 g/mol. The number of anilines is 2. The van der Waals surface area contributed by atoms with E-state index in [1.54, 1.807) is 45.7 Å². The van der Waals surface area contributed by atoms with Gasteiger partial charge in [-0.2, -0.15) is 5.10 Å². The third-order valence-electron chi connectivity index (χ3n) is 5.65. The molecule has 13 heteroatoms. The molecule has 1 atom stereocenters. The Morgan fingerprint density at radius 2 is 2.06 bits per heavy atom. The van der Waals surface area contributed by atoms with E-state index < -0.39 is 6.43 Å². The number of aromatic nitrogens is 7. The molecule has 4 aromatic rings. The molecule has 0 saturated carbocycles. The number of nitrogens with one attached hydrogen (secondary N) is 1. The summed E-state index contributed by atoms with van der Waals surface area (Å²) in [5.41, 5.74) is 0.845. The molecule has 0 saturated heterocycles. The van der Waals surface area contributed by atoms with Gasteiger partial charge in [0.25, 0.3) is 12.3 Å². The lowest BCUT2D eigenvalue weighted by Crippen LogP contribution is -2.46. The summed E-state index contributed by atoms with van der Waals surface area (Å²) in [6.07, 6.45) is 2.14. The zero-order valence-electron chi connectivity index (χ0n) is 18.7. The maximum absolute atomic E-state index is 13.3. The molecule has 1 aliphatic heterocycles. The first-order valence-electron chi connectivity index (χ1n) is 10.7. The van der Waals surface area contributed by atoms with Gasteiger partial charge >= 0.3 is 0 Å². The second-order valence-corrected chi connectivity index (χ2v) is 8.50. The van der Waals surface area contributed by atoms with E-state index in [4.69, 9.17) is 11.6 Å². The van der Waals surface area contributed by atoms with Gasteiger partial charge < -0.3 is 14.8 Å². The number of rotatable bonds is 6. The number of pyridine rings is 1. The van der Waals surface area contributed by atoms with Crippen molar-refractivity contribution in [1.29, 1.82) is 0 Å². The summed E-state index contributed by atoms with van der Waals surface area (Å²) in [5.74, 6) is 0.855. The predicted octanol–water partition coefficient (Wildman–Crippen LogP) is 3.85. The molecule has 0 bridgehead atoms. The van der Waals surface area contributed by atoms with Crippen molar-refractivity contribution in [2.75, 3.05) is 5.32 Å². The number of hydrogen-bond acceptors (Lipinski definition) is 7. The molecule has 5 heterocycles. The van der Waals surface area contributed by atoms with Crippen LogP contribution in [0.5, 0.6) is 0 Å². The van der Waals surface area contributed by atoms with Crippen molar-refractivity contribution in [3.63, 3.8) is 0 Å². The van der Waals surface area contributed by atoms with Gasteiger partial charge in [0.05, 0.1) is 29.7 Å². The van der Waals surface area contributed by atoms with Crippen molar-refractivity contribution in [3.05, 3.63) is 65.1 Å². The maximum Gasteiger partial charge on any atom is 0.290 e. The van der Waals surface area contributed by atoms with E-state index in [1.165, 1.54) is 18.3 Å². The zero-order chi connectivity index (χ0) is 24.7. The fraction of sp³-hybridized carbons (Fsp3) is 0.273. The molecule has 1 amide bonds. The lowest BCUT2D eigenvalue weighted by Gasteiger charge is -2.33. The second kappa shape index (κ2) is 9.02. The van der Waals surface area contributed by atoms with Gasteiger partial charge in [-0.05, 0) is 19.1 Å². The Labute approximate surface area is 203 Å². The third-order valence-corrected chi connectivity index (χ3v) is 5.93. The van der Waals surface area contributed by atoms with Crippen LogP contribution in [-0.2, 0) is 20.1 Å². The Morgan fingerprint density at radius 1 is 1.23 bits per heavy atom. The molecule has 10 nitrogen and oxygen atoms in total. The lowest BCUT2D eigenvalue weighted by molar-refractivity contribution is 0.0583. The highest BCUT2D eigenvalue weighted by Crippen LogP contribution is 2.29. The molecule has 0 spiro atoms. The first-order valence-corrected chi connectivity index (χ1v) is 11.1. The number of fused-ring (bicyclic) bond motifs is 1. The van der Waals surface area contributed by atoms with E-state index in [-0.39, 0.29) is 35.0 Å². The SMILES string of the molecule is CC1Cn2cc(-c3nc(Nc4ccnn4C)ncc3Cl)nc2C(=O)N1Cc1cccc(C(F)F)n1. The minimum absolute atomic E-state index is 0.0930. The summed E-state index contributed by atoms with van der Waals surface area (Å²) in [7, 11) is 1.78. The average Bonchev–Trinajstić information content (AvgIpc) is 3.44. The highest BCUT2D eigenvalue weighted by Gasteiger charge is 2.33. The lowest BCUT2D eigenvalue weighted by atomic mass is 10.2. The summed E-state index contributed by atoms with van der Waals surface area (Å²) in [6, 6.07) is 5.95. The van der Waals surface area contributed by atoms with Gasteiger partial charge in [0.15, 0.2) is 5.82 Å². The molecule has 180 valence electrons. The van der Waals surface area contributed by atoms with Crippen LogP contribution in [0.1, 0.15) is 35.4 Å². The van der Waals surface area contributed by atoms with Crippen LogP contribution in [0, 0.1) is 0 Å². The van der Waals surface area contributed by atoms with Crippen LogP contribution < -0.4 is 5.32 Å². The molecule has 0 aromatic carbocycles. The molecule has 1 aliphatic rings. The quantitative estimate of drug-likeness (QED) is 0.429. The number of amides is 1. The van der Waals surface area contributed by atoms with E-state index in [2.05, 4.69) is 30.4 Å². The standard InChI is InChI=1S/C22H20ClF2N9O/c1-12-9-33-11-16(18-14(23)8-26-22(31-18)30-17-6-7-27-32(17)2)29-20(33)21(35)34(12)10-13-4-3-5-15(28-13)19(24)25/h3-8,11-12,19H,9-10H2,1-2H3,(H,26,30,31). The highest BCUT2D eigenvalue weighted by molar-refractivity contribution is 6.32. The number of aryl methyl sites for hydroxylation is 1. The Bertz CT molecular complexity index is 1400. The van der Waals surface area contributed by atoms with Crippen LogP contribution in [0.25, 0.3) is 11.4 Å². The van der Waals surface area contributed by atoms with E-state index in [1.807, 2.05) is 6.92 Å². The number of alkyl halides is 2. The smallest absolute Gasteiger partial charge is 0.290 e. The van der Waals surface area contributed by atoms with Crippen LogP contribution in [0.15, 0.2) is 42.9 Å². The Morgan fingerprint density at radius 3 is 2.80 bits per heavy atom. The molecule has 1 N–H and O–H groups in total. The van der Waals surface area contributed by atoms with Gasteiger partial charge in [0, 0.05) is 31.9 Å². The molecular formula is C22H20ClF2N9O. The highest BCUT2D eigenvalue weighted by atomic mass is 35.5. The third kappa shape index (κ3) is 4.44. The number of imidazole rings is 1.